The molecule has 0 N–H and O–H groups in total. The third-order valence-electron chi connectivity index (χ3n) is 3.67. The maximum absolute atomic E-state index is 13.8. The van der Waals surface area contributed by atoms with Crippen LogP contribution in [-0.2, 0) is 6.54 Å². The van der Waals surface area contributed by atoms with E-state index in [0.29, 0.717) is 10.2 Å². The topological polar surface area (TPSA) is 52.7 Å². The first-order valence-corrected chi connectivity index (χ1v) is 7.43. The zero-order chi connectivity index (χ0) is 17.4. The Balaban J connectivity index is 2.09. The molecule has 3 rings (SSSR count). The summed E-state index contributed by atoms with van der Waals surface area (Å²) in [5.41, 5.74) is -0.519. The first kappa shape index (κ1) is 16.5. The van der Waals surface area contributed by atoms with Gasteiger partial charge in [0.05, 0.1) is 18.1 Å². The lowest BCUT2D eigenvalue weighted by Crippen LogP contribution is -2.29. The molecular weight excluding hydrogens is 345 g/mol. The number of hydrogen-bond acceptors (Lipinski definition) is 3. The van der Waals surface area contributed by atoms with E-state index >= 15 is 0 Å². The predicted octanol–water partition coefficient (Wildman–Crippen LogP) is 3.26. The Hall–Kier alpha value is -2.35. The minimum absolute atomic E-state index is 0.00400. The van der Waals surface area contributed by atoms with Gasteiger partial charge in [-0.05, 0) is 13.0 Å². The molecule has 0 spiro atoms. The van der Waals surface area contributed by atoms with Gasteiger partial charge in [-0.1, -0.05) is 29.8 Å². The molecule has 0 aliphatic carbocycles. The van der Waals surface area contributed by atoms with Gasteiger partial charge in [0.1, 0.15) is 17.0 Å². The molecule has 126 valence electrons. The summed E-state index contributed by atoms with van der Waals surface area (Å²) in [4.78, 5) is 12.3. The van der Waals surface area contributed by atoms with Gasteiger partial charge in [-0.2, -0.15) is 10.2 Å². The number of benzene rings is 1. The number of fused-ring (bicyclic) bond motifs is 1. The molecule has 2 heterocycles. The highest BCUT2D eigenvalue weighted by molar-refractivity contribution is 6.34. The minimum atomic E-state index is -2.75. The number of alkyl halides is 2. The average Bonchev–Trinajstić information content (AvgIpc) is 2.87. The number of nitrogens with zero attached hydrogens (tertiary/aromatic N) is 4. The van der Waals surface area contributed by atoms with Crippen LogP contribution < -0.4 is 5.56 Å². The molecule has 0 saturated carbocycles. The lowest BCUT2D eigenvalue weighted by molar-refractivity contribution is 0.0832. The molecule has 3 aromatic rings. The Morgan fingerprint density at radius 3 is 2.67 bits per heavy atom. The highest BCUT2D eigenvalue weighted by atomic mass is 35.5. The summed E-state index contributed by atoms with van der Waals surface area (Å²) >= 11 is 6.17. The quantitative estimate of drug-likeness (QED) is 0.721. The van der Waals surface area contributed by atoms with E-state index in [4.69, 9.17) is 11.6 Å². The smallest absolute Gasteiger partial charge is 0.265 e. The van der Waals surface area contributed by atoms with Gasteiger partial charge in [0.25, 0.3) is 12.0 Å². The van der Waals surface area contributed by atoms with Gasteiger partial charge in [-0.15, -0.1) is 0 Å². The molecule has 0 saturated heterocycles. The third kappa shape index (κ3) is 2.77. The van der Waals surface area contributed by atoms with Gasteiger partial charge in [0.2, 0.25) is 0 Å². The second kappa shape index (κ2) is 6.27. The largest absolute Gasteiger partial charge is 0.295 e. The number of halogens is 4. The van der Waals surface area contributed by atoms with Crippen molar-refractivity contribution in [3.05, 3.63) is 57.3 Å². The number of aromatic nitrogens is 4. The normalized spacial score (nSPS) is 12.9. The van der Waals surface area contributed by atoms with Crippen LogP contribution in [0.2, 0.25) is 5.15 Å². The summed E-state index contributed by atoms with van der Waals surface area (Å²) in [6, 6.07) is 4.68. The van der Waals surface area contributed by atoms with Crippen LogP contribution in [0.25, 0.3) is 10.9 Å². The summed E-state index contributed by atoms with van der Waals surface area (Å²) in [7, 11) is 0. The van der Waals surface area contributed by atoms with Crippen molar-refractivity contribution >= 4 is 22.5 Å². The summed E-state index contributed by atoms with van der Waals surface area (Å²) in [5, 5.41) is 8.11. The molecule has 0 fully saturated rings. The molecule has 0 radical (unpaired) electrons. The van der Waals surface area contributed by atoms with Crippen LogP contribution in [0.4, 0.5) is 13.2 Å². The van der Waals surface area contributed by atoms with Gasteiger partial charge in [0, 0.05) is 5.56 Å². The second-order valence-electron chi connectivity index (χ2n) is 5.27. The summed E-state index contributed by atoms with van der Waals surface area (Å²) in [6.07, 6.45) is -1.54. The maximum atomic E-state index is 13.8. The van der Waals surface area contributed by atoms with E-state index in [2.05, 4.69) is 10.2 Å². The fourth-order valence-corrected chi connectivity index (χ4v) is 2.53. The van der Waals surface area contributed by atoms with Crippen molar-refractivity contribution in [3.8, 4) is 0 Å². The van der Waals surface area contributed by atoms with Crippen LogP contribution in [0.3, 0.4) is 0 Å². The zero-order valence-electron chi connectivity index (χ0n) is 12.5. The summed E-state index contributed by atoms with van der Waals surface area (Å²) in [6.45, 7) is 1.19. The van der Waals surface area contributed by atoms with Crippen molar-refractivity contribution < 1.29 is 13.2 Å². The maximum Gasteiger partial charge on any atom is 0.295 e. The van der Waals surface area contributed by atoms with E-state index in [1.54, 1.807) is 18.2 Å². The van der Waals surface area contributed by atoms with E-state index in [-0.39, 0.29) is 22.6 Å². The van der Waals surface area contributed by atoms with E-state index in [9.17, 15) is 18.0 Å². The van der Waals surface area contributed by atoms with Gasteiger partial charge in [-0.3, -0.25) is 4.79 Å². The SMILES string of the molecule is C[C@H](C(F)F)n1ncc2c(Cl)n(Cc3ccccc3F)nc2c1=O. The Labute approximate surface area is 139 Å². The molecular formula is C15H12ClF3N4O. The molecule has 0 amide bonds. The fourth-order valence-electron chi connectivity index (χ4n) is 2.30. The van der Waals surface area contributed by atoms with Crippen LogP contribution in [0.1, 0.15) is 18.5 Å². The third-order valence-corrected chi connectivity index (χ3v) is 4.07. The fraction of sp³-hybridized carbons (Fsp3) is 0.267. The Kier molecular flexibility index (Phi) is 4.31. The van der Waals surface area contributed by atoms with Crippen LogP contribution >= 0.6 is 11.6 Å². The van der Waals surface area contributed by atoms with Gasteiger partial charge in [-0.25, -0.2) is 22.5 Å². The van der Waals surface area contributed by atoms with Crippen LogP contribution in [0, 0.1) is 5.82 Å². The first-order chi connectivity index (χ1) is 11.4. The van der Waals surface area contributed by atoms with Crippen molar-refractivity contribution in [2.45, 2.75) is 25.9 Å². The monoisotopic (exact) mass is 356 g/mol. The lowest BCUT2D eigenvalue weighted by Gasteiger charge is -2.11. The Morgan fingerprint density at radius 2 is 2.00 bits per heavy atom. The van der Waals surface area contributed by atoms with Crippen LogP contribution in [0.5, 0.6) is 0 Å². The van der Waals surface area contributed by atoms with Crippen molar-refractivity contribution in [1.29, 1.82) is 0 Å². The molecule has 0 aliphatic heterocycles. The molecule has 0 aliphatic rings. The zero-order valence-corrected chi connectivity index (χ0v) is 13.2. The highest BCUT2D eigenvalue weighted by Crippen LogP contribution is 2.23. The van der Waals surface area contributed by atoms with Crippen molar-refractivity contribution in [3.63, 3.8) is 0 Å². The van der Waals surface area contributed by atoms with E-state index in [1.165, 1.54) is 23.9 Å². The molecule has 0 unspecified atom stereocenters. The lowest BCUT2D eigenvalue weighted by atomic mass is 10.2. The molecule has 1 aromatic carbocycles. The molecule has 2 aromatic heterocycles. The van der Waals surface area contributed by atoms with Crippen LogP contribution in [0.15, 0.2) is 35.3 Å². The number of hydrogen-bond donors (Lipinski definition) is 0. The summed E-state index contributed by atoms with van der Waals surface area (Å²) < 4.78 is 41.3. The van der Waals surface area contributed by atoms with E-state index in [1.807, 2.05) is 0 Å². The van der Waals surface area contributed by atoms with Crippen molar-refractivity contribution in [2.75, 3.05) is 0 Å². The predicted molar refractivity (Wildman–Crippen MR) is 83.0 cm³/mol. The van der Waals surface area contributed by atoms with Crippen molar-refractivity contribution in [1.82, 2.24) is 19.6 Å². The first-order valence-electron chi connectivity index (χ1n) is 7.05. The Morgan fingerprint density at radius 1 is 1.29 bits per heavy atom. The van der Waals surface area contributed by atoms with Gasteiger partial charge >= 0.3 is 0 Å². The summed E-state index contributed by atoms with van der Waals surface area (Å²) in [5.74, 6) is -0.435. The van der Waals surface area contributed by atoms with E-state index < -0.39 is 23.8 Å². The minimum Gasteiger partial charge on any atom is -0.265 e. The average molecular weight is 357 g/mol. The van der Waals surface area contributed by atoms with Crippen LogP contribution in [-0.4, -0.2) is 26.0 Å². The van der Waals surface area contributed by atoms with E-state index in [0.717, 1.165) is 0 Å². The molecule has 9 heteroatoms. The standard InChI is InChI=1S/C15H12ClF3N4O/c1-8(14(18)19)23-15(24)12-10(6-20-23)13(16)22(21-12)7-9-4-2-3-5-11(9)17/h2-6,8,14H,7H2,1H3/t8-/m1/s1. The highest BCUT2D eigenvalue weighted by Gasteiger charge is 2.22. The molecule has 1 atom stereocenters. The Bertz CT molecular complexity index is 954. The molecule has 0 bridgehead atoms. The molecule has 24 heavy (non-hydrogen) atoms. The molecule has 5 nitrogen and oxygen atoms in total. The van der Waals surface area contributed by atoms with Gasteiger partial charge in [0.15, 0.2) is 5.52 Å². The number of rotatable bonds is 4. The second-order valence-corrected chi connectivity index (χ2v) is 5.63. The van der Waals surface area contributed by atoms with Gasteiger partial charge < -0.3 is 0 Å². The van der Waals surface area contributed by atoms with Crippen molar-refractivity contribution in [2.24, 2.45) is 0 Å².